The number of aliphatic hydroxyl groups excluding tert-OH is 2. The van der Waals surface area contributed by atoms with Crippen LogP contribution in [0, 0.1) is 0 Å². The summed E-state index contributed by atoms with van der Waals surface area (Å²) < 4.78 is 5.39. The molecule has 0 saturated carbocycles. The molecule has 20 heavy (non-hydrogen) atoms. The summed E-state index contributed by atoms with van der Waals surface area (Å²) in [4.78, 5) is 0. The largest absolute Gasteiger partial charge is 0.393 e. The second-order valence-electron chi connectivity index (χ2n) is 5.08. The molecule has 2 unspecified atom stereocenters. The van der Waals surface area contributed by atoms with E-state index < -0.39 is 11.7 Å². The number of aliphatic hydroxyl groups is 3. The molecule has 0 saturated heterocycles. The van der Waals surface area contributed by atoms with Gasteiger partial charge in [-0.15, -0.1) is 0 Å². The maximum atomic E-state index is 9.69. The van der Waals surface area contributed by atoms with Crippen molar-refractivity contribution in [3.63, 3.8) is 0 Å². The molecule has 0 aliphatic rings. The van der Waals surface area contributed by atoms with Gasteiger partial charge in [-0.05, 0) is 24.6 Å². The number of hydrogen-bond acceptors (Lipinski definition) is 5. The van der Waals surface area contributed by atoms with Crippen LogP contribution in [0.5, 0.6) is 0 Å². The van der Waals surface area contributed by atoms with Crippen LogP contribution in [0.15, 0.2) is 24.3 Å². The normalized spacial score (nSPS) is 15.8. The Kier molecular flexibility index (Phi) is 7.43. The second kappa shape index (κ2) is 8.56. The zero-order valence-electron chi connectivity index (χ0n) is 11.6. The smallest absolute Gasteiger partial charge is 0.0972 e. The van der Waals surface area contributed by atoms with Crippen LogP contribution in [0.2, 0.25) is 5.02 Å². The van der Waals surface area contributed by atoms with E-state index in [1.165, 1.54) is 6.92 Å². The van der Waals surface area contributed by atoms with Gasteiger partial charge in [0.25, 0.3) is 0 Å². The predicted molar refractivity (Wildman–Crippen MR) is 77.7 cm³/mol. The van der Waals surface area contributed by atoms with Crippen molar-refractivity contribution in [3.05, 3.63) is 34.9 Å². The second-order valence-corrected chi connectivity index (χ2v) is 5.52. The number of rotatable bonds is 9. The van der Waals surface area contributed by atoms with Crippen LogP contribution >= 0.6 is 11.6 Å². The Labute approximate surface area is 124 Å². The molecule has 0 radical (unpaired) electrons. The molecular weight excluding hydrogens is 282 g/mol. The van der Waals surface area contributed by atoms with Crippen molar-refractivity contribution in [3.8, 4) is 0 Å². The highest BCUT2D eigenvalue weighted by atomic mass is 35.5. The Balaban J connectivity index is 2.14. The first-order valence-electron chi connectivity index (χ1n) is 6.47. The first-order valence-corrected chi connectivity index (χ1v) is 6.85. The van der Waals surface area contributed by atoms with Crippen LogP contribution in [0.4, 0.5) is 0 Å². The lowest BCUT2D eigenvalue weighted by Gasteiger charge is -2.21. The van der Waals surface area contributed by atoms with Gasteiger partial charge >= 0.3 is 0 Å². The van der Waals surface area contributed by atoms with Crippen molar-refractivity contribution in [2.75, 3.05) is 26.3 Å². The van der Waals surface area contributed by atoms with Gasteiger partial charge in [0.2, 0.25) is 0 Å². The van der Waals surface area contributed by atoms with E-state index in [2.05, 4.69) is 5.32 Å². The average Bonchev–Trinajstić information content (AvgIpc) is 2.41. The predicted octanol–water partition coefficient (Wildman–Crippen LogP) is 0.550. The summed E-state index contributed by atoms with van der Waals surface area (Å²) in [6.45, 7) is 2.28. The van der Waals surface area contributed by atoms with Crippen LogP contribution in [0.3, 0.4) is 0 Å². The fraction of sp³-hybridized carbons (Fsp3) is 0.571. The quantitative estimate of drug-likeness (QED) is 0.536. The zero-order valence-corrected chi connectivity index (χ0v) is 12.3. The first kappa shape index (κ1) is 17.4. The molecule has 1 aromatic rings. The first-order chi connectivity index (χ1) is 9.43. The molecule has 6 heteroatoms. The molecular formula is C14H22ClNO4. The van der Waals surface area contributed by atoms with Gasteiger partial charge in [0.1, 0.15) is 0 Å². The van der Waals surface area contributed by atoms with E-state index in [0.29, 0.717) is 11.6 Å². The van der Waals surface area contributed by atoms with Crippen LogP contribution in [0.1, 0.15) is 12.5 Å². The standard InChI is InChI=1S/C14H22ClNO4/c1-14(19,10-17)9-16-6-13(18)8-20-7-11-2-4-12(15)5-3-11/h2-5,13,16-19H,6-10H2,1H3. The molecule has 2 atom stereocenters. The maximum absolute atomic E-state index is 9.69. The summed E-state index contributed by atoms with van der Waals surface area (Å²) in [5, 5.41) is 31.6. The van der Waals surface area contributed by atoms with Crippen LogP contribution in [0.25, 0.3) is 0 Å². The minimum atomic E-state index is -1.18. The van der Waals surface area contributed by atoms with Gasteiger partial charge in [0.05, 0.1) is 31.5 Å². The molecule has 0 aliphatic heterocycles. The van der Waals surface area contributed by atoms with Crippen LogP contribution in [-0.4, -0.2) is 53.3 Å². The fourth-order valence-corrected chi connectivity index (χ4v) is 1.64. The summed E-state index contributed by atoms with van der Waals surface area (Å²) >= 11 is 5.77. The highest BCUT2D eigenvalue weighted by molar-refractivity contribution is 6.30. The summed E-state index contributed by atoms with van der Waals surface area (Å²) in [5.41, 5.74) is -0.193. The Bertz CT molecular complexity index is 383. The molecule has 4 N–H and O–H groups in total. The molecule has 0 aliphatic carbocycles. The number of benzene rings is 1. The van der Waals surface area contributed by atoms with Gasteiger partial charge < -0.3 is 25.4 Å². The van der Waals surface area contributed by atoms with Crippen molar-refractivity contribution in [2.24, 2.45) is 0 Å². The molecule has 5 nitrogen and oxygen atoms in total. The van der Waals surface area contributed by atoms with Crippen LogP contribution < -0.4 is 5.32 Å². The van der Waals surface area contributed by atoms with Crippen LogP contribution in [-0.2, 0) is 11.3 Å². The van der Waals surface area contributed by atoms with Gasteiger partial charge in [-0.25, -0.2) is 0 Å². The lowest BCUT2D eigenvalue weighted by atomic mass is 10.1. The van der Waals surface area contributed by atoms with E-state index in [1.54, 1.807) is 12.1 Å². The minimum absolute atomic E-state index is 0.191. The third kappa shape index (κ3) is 7.19. The highest BCUT2D eigenvalue weighted by Gasteiger charge is 2.18. The third-order valence-electron chi connectivity index (χ3n) is 2.72. The summed E-state index contributed by atoms with van der Waals surface area (Å²) in [6.07, 6.45) is -0.670. The number of halogens is 1. The van der Waals surface area contributed by atoms with Crippen molar-refractivity contribution >= 4 is 11.6 Å². The molecule has 114 valence electrons. The Hall–Kier alpha value is -0.690. The van der Waals surface area contributed by atoms with Crippen molar-refractivity contribution in [1.82, 2.24) is 5.32 Å². The molecule has 0 bridgehead atoms. The van der Waals surface area contributed by atoms with Gasteiger partial charge in [-0.2, -0.15) is 0 Å². The maximum Gasteiger partial charge on any atom is 0.0972 e. The molecule has 0 fully saturated rings. The summed E-state index contributed by atoms with van der Waals surface area (Å²) in [5.74, 6) is 0. The molecule has 0 aromatic heterocycles. The number of ether oxygens (including phenoxy) is 1. The molecule has 0 heterocycles. The topological polar surface area (TPSA) is 82.0 Å². The average molecular weight is 304 g/mol. The number of hydrogen-bond donors (Lipinski definition) is 4. The van der Waals surface area contributed by atoms with E-state index in [0.717, 1.165) is 5.56 Å². The Morgan fingerprint density at radius 1 is 1.35 bits per heavy atom. The minimum Gasteiger partial charge on any atom is -0.393 e. The fourth-order valence-electron chi connectivity index (χ4n) is 1.52. The molecule has 0 spiro atoms. The molecule has 0 amide bonds. The van der Waals surface area contributed by atoms with E-state index in [1.807, 2.05) is 12.1 Å². The van der Waals surface area contributed by atoms with E-state index in [9.17, 15) is 10.2 Å². The van der Waals surface area contributed by atoms with Crippen molar-refractivity contribution < 1.29 is 20.1 Å². The number of nitrogens with one attached hydrogen (secondary N) is 1. The lowest BCUT2D eigenvalue weighted by molar-refractivity contribution is -0.00490. The SMILES string of the molecule is CC(O)(CO)CNCC(O)COCc1ccc(Cl)cc1. The van der Waals surface area contributed by atoms with E-state index >= 15 is 0 Å². The van der Waals surface area contributed by atoms with Gasteiger partial charge in [0.15, 0.2) is 0 Å². The van der Waals surface area contributed by atoms with E-state index in [4.69, 9.17) is 21.4 Å². The lowest BCUT2D eigenvalue weighted by Crippen LogP contribution is -2.43. The molecule has 1 rings (SSSR count). The Morgan fingerprint density at radius 3 is 2.60 bits per heavy atom. The zero-order chi connectivity index (χ0) is 15.0. The van der Waals surface area contributed by atoms with Gasteiger partial charge in [-0.1, -0.05) is 23.7 Å². The monoisotopic (exact) mass is 303 g/mol. The Morgan fingerprint density at radius 2 is 2.00 bits per heavy atom. The summed E-state index contributed by atoms with van der Waals surface area (Å²) in [6, 6.07) is 7.31. The van der Waals surface area contributed by atoms with Crippen molar-refractivity contribution in [1.29, 1.82) is 0 Å². The van der Waals surface area contributed by atoms with Gasteiger partial charge in [0, 0.05) is 18.1 Å². The van der Waals surface area contributed by atoms with Gasteiger partial charge in [-0.3, -0.25) is 0 Å². The van der Waals surface area contributed by atoms with Crippen molar-refractivity contribution in [2.45, 2.75) is 25.2 Å². The third-order valence-corrected chi connectivity index (χ3v) is 2.97. The summed E-state index contributed by atoms with van der Waals surface area (Å²) in [7, 11) is 0. The highest BCUT2D eigenvalue weighted by Crippen LogP contribution is 2.10. The van der Waals surface area contributed by atoms with E-state index in [-0.39, 0.29) is 26.3 Å². The molecule has 1 aromatic carbocycles.